The molecule has 96 valence electrons. The zero-order chi connectivity index (χ0) is 12.8. The lowest BCUT2D eigenvalue weighted by Crippen LogP contribution is -2.48. The molecule has 2 amide bonds. The van der Waals surface area contributed by atoms with Crippen LogP contribution in [0.25, 0.3) is 0 Å². The van der Waals surface area contributed by atoms with E-state index in [2.05, 4.69) is 0 Å². The molecule has 1 aromatic carbocycles. The van der Waals surface area contributed by atoms with Gasteiger partial charge in [0.15, 0.2) is 0 Å². The molecule has 1 aromatic rings. The molecule has 18 heavy (non-hydrogen) atoms. The van der Waals surface area contributed by atoms with E-state index in [9.17, 15) is 9.59 Å². The Bertz CT molecular complexity index is 400. The molecule has 0 aliphatic carbocycles. The zero-order valence-corrected chi connectivity index (χ0v) is 10.1. The number of hydrogen-bond acceptors (Lipinski definition) is 3. The number of carbonyl (C=O) groups is 2. The van der Waals surface area contributed by atoms with Crippen molar-refractivity contribution in [3.63, 3.8) is 0 Å². The van der Waals surface area contributed by atoms with Crippen LogP contribution >= 0.6 is 0 Å². The van der Waals surface area contributed by atoms with Crippen LogP contribution in [0.5, 0.6) is 0 Å². The summed E-state index contributed by atoms with van der Waals surface area (Å²) in [4.78, 5) is 25.6. The number of hydrogen-bond donors (Lipinski definition) is 0. The molecule has 1 fully saturated rings. The summed E-state index contributed by atoms with van der Waals surface area (Å²) in [6.07, 6.45) is 0.497. The van der Waals surface area contributed by atoms with Gasteiger partial charge in [0, 0.05) is 26.2 Å². The highest BCUT2D eigenvalue weighted by molar-refractivity contribution is 5.68. The lowest BCUT2D eigenvalue weighted by atomic mass is 10.2. The lowest BCUT2D eigenvalue weighted by Gasteiger charge is -2.31. The van der Waals surface area contributed by atoms with Gasteiger partial charge in [-0.2, -0.15) is 0 Å². The van der Waals surface area contributed by atoms with Gasteiger partial charge < -0.3 is 14.5 Å². The SMILES string of the molecule is O=CN1CCN(C(=O)OCc2ccccc2)CC1. The number of amides is 2. The predicted octanol–water partition coefficient (Wildman–Crippen LogP) is 1.10. The fourth-order valence-corrected chi connectivity index (χ4v) is 1.82. The molecule has 5 heteroatoms. The Morgan fingerprint density at radius 3 is 2.44 bits per heavy atom. The normalized spacial score (nSPS) is 15.3. The van der Waals surface area contributed by atoms with Gasteiger partial charge in [-0.05, 0) is 5.56 Å². The van der Waals surface area contributed by atoms with E-state index < -0.39 is 0 Å². The molecule has 0 saturated carbocycles. The maximum Gasteiger partial charge on any atom is 0.410 e. The molecule has 1 saturated heterocycles. The maximum atomic E-state index is 11.8. The van der Waals surface area contributed by atoms with Gasteiger partial charge in [0.05, 0.1) is 0 Å². The number of nitrogens with zero attached hydrogens (tertiary/aromatic N) is 2. The topological polar surface area (TPSA) is 49.9 Å². The van der Waals surface area contributed by atoms with Crippen LogP contribution < -0.4 is 0 Å². The summed E-state index contributed by atoms with van der Waals surface area (Å²) in [5, 5.41) is 0. The van der Waals surface area contributed by atoms with Crippen molar-refractivity contribution in [3.05, 3.63) is 35.9 Å². The summed E-state index contributed by atoms with van der Waals surface area (Å²) in [6.45, 7) is 2.50. The van der Waals surface area contributed by atoms with E-state index in [1.54, 1.807) is 9.80 Å². The second-order valence-corrected chi connectivity index (χ2v) is 4.17. The van der Waals surface area contributed by atoms with Crippen LogP contribution in [0.2, 0.25) is 0 Å². The number of ether oxygens (including phenoxy) is 1. The number of benzene rings is 1. The first kappa shape index (κ1) is 12.4. The molecule has 0 atom stereocenters. The van der Waals surface area contributed by atoms with E-state index in [1.807, 2.05) is 30.3 Å². The monoisotopic (exact) mass is 248 g/mol. The van der Waals surface area contributed by atoms with Crippen LogP contribution in [-0.2, 0) is 16.1 Å². The smallest absolute Gasteiger partial charge is 0.410 e. The van der Waals surface area contributed by atoms with Gasteiger partial charge >= 0.3 is 6.09 Å². The fourth-order valence-electron chi connectivity index (χ4n) is 1.82. The molecule has 1 aliphatic heterocycles. The van der Waals surface area contributed by atoms with E-state index >= 15 is 0 Å². The average molecular weight is 248 g/mol. The van der Waals surface area contributed by atoms with E-state index in [-0.39, 0.29) is 12.7 Å². The second kappa shape index (κ2) is 6.05. The molecule has 0 unspecified atom stereocenters. The van der Waals surface area contributed by atoms with Crippen molar-refractivity contribution in [2.75, 3.05) is 26.2 Å². The largest absolute Gasteiger partial charge is 0.445 e. The summed E-state index contributed by atoms with van der Waals surface area (Å²) < 4.78 is 5.22. The zero-order valence-electron chi connectivity index (χ0n) is 10.1. The highest BCUT2D eigenvalue weighted by Crippen LogP contribution is 2.05. The Morgan fingerprint density at radius 2 is 1.83 bits per heavy atom. The van der Waals surface area contributed by atoms with Crippen molar-refractivity contribution in [2.45, 2.75) is 6.61 Å². The van der Waals surface area contributed by atoms with Crippen molar-refractivity contribution >= 4 is 12.5 Å². The summed E-state index contributed by atoms with van der Waals surface area (Å²) >= 11 is 0. The molecule has 1 heterocycles. The Hall–Kier alpha value is -2.04. The molecule has 2 rings (SSSR count). The third-order valence-corrected chi connectivity index (χ3v) is 2.93. The number of piperazine rings is 1. The third-order valence-electron chi connectivity index (χ3n) is 2.93. The molecule has 0 aromatic heterocycles. The summed E-state index contributed by atoms with van der Waals surface area (Å²) in [7, 11) is 0. The van der Waals surface area contributed by atoms with E-state index in [4.69, 9.17) is 4.74 Å². The van der Waals surface area contributed by atoms with Crippen molar-refractivity contribution < 1.29 is 14.3 Å². The van der Waals surface area contributed by atoms with Gasteiger partial charge in [0.2, 0.25) is 6.41 Å². The Morgan fingerprint density at radius 1 is 1.17 bits per heavy atom. The first-order valence-corrected chi connectivity index (χ1v) is 5.94. The number of rotatable bonds is 3. The van der Waals surface area contributed by atoms with Crippen LogP contribution in [0.4, 0.5) is 4.79 Å². The van der Waals surface area contributed by atoms with Gasteiger partial charge in [0.25, 0.3) is 0 Å². The van der Waals surface area contributed by atoms with Gasteiger partial charge in [-0.15, -0.1) is 0 Å². The highest BCUT2D eigenvalue weighted by Gasteiger charge is 2.20. The second-order valence-electron chi connectivity index (χ2n) is 4.17. The van der Waals surface area contributed by atoms with Crippen molar-refractivity contribution in [2.24, 2.45) is 0 Å². The predicted molar refractivity (Wildman–Crippen MR) is 65.8 cm³/mol. The summed E-state index contributed by atoms with van der Waals surface area (Å²) in [5.74, 6) is 0. The third kappa shape index (κ3) is 3.23. The van der Waals surface area contributed by atoms with Crippen LogP contribution in [0.3, 0.4) is 0 Å². The lowest BCUT2D eigenvalue weighted by molar-refractivity contribution is -0.119. The first-order chi connectivity index (χ1) is 8.79. The molecule has 1 aliphatic rings. The molecular formula is C13H16N2O3. The molecule has 0 N–H and O–H groups in total. The minimum absolute atomic E-state index is 0.285. The number of carbonyl (C=O) groups excluding carboxylic acids is 2. The van der Waals surface area contributed by atoms with Gasteiger partial charge in [-0.25, -0.2) is 4.79 Å². The average Bonchev–Trinajstić information content (AvgIpc) is 2.46. The fraction of sp³-hybridized carbons (Fsp3) is 0.385. The Labute approximate surface area is 106 Å². The molecule has 0 bridgehead atoms. The van der Waals surface area contributed by atoms with Gasteiger partial charge in [-0.3, -0.25) is 4.79 Å². The minimum Gasteiger partial charge on any atom is -0.445 e. The standard InChI is InChI=1S/C13H16N2O3/c16-11-14-6-8-15(9-7-14)13(17)18-10-12-4-2-1-3-5-12/h1-5,11H,6-10H2. The first-order valence-electron chi connectivity index (χ1n) is 5.94. The quantitative estimate of drug-likeness (QED) is 0.753. The summed E-state index contributed by atoms with van der Waals surface area (Å²) in [6, 6.07) is 9.57. The van der Waals surface area contributed by atoms with Crippen LogP contribution in [-0.4, -0.2) is 48.5 Å². The van der Waals surface area contributed by atoms with Crippen molar-refractivity contribution in [3.8, 4) is 0 Å². The van der Waals surface area contributed by atoms with Crippen LogP contribution in [0, 0.1) is 0 Å². The van der Waals surface area contributed by atoms with Crippen molar-refractivity contribution in [1.82, 2.24) is 9.80 Å². The molecular weight excluding hydrogens is 232 g/mol. The Kier molecular flexibility index (Phi) is 4.17. The van der Waals surface area contributed by atoms with E-state index in [0.717, 1.165) is 12.0 Å². The van der Waals surface area contributed by atoms with Crippen LogP contribution in [0.1, 0.15) is 5.56 Å². The maximum absolute atomic E-state index is 11.8. The van der Waals surface area contributed by atoms with Crippen LogP contribution in [0.15, 0.2) is 30.3 Å². The summed E-state index contributed by atoms with van der Waals surface area (Å²) in [5.41, 5.74) is 0.970. The Balaban J connectivity index is 1.77. The minimum atomic E-state index is -0.315. The van der Waals surface area contributed by atoms with E-state index in [0.29, 0.717) is 26.2 Å². The van der Waals surface area contributed by atoms with E-state index in [1.165, 1.54) is 0 Å². The molecule has 5 nitrogen and oxygen atoms in total. The van der Waals surface area contributed by atoms with Gasteiger partial charge in [0.1, 0.15) is 6.61 Å². The molecule has 0 spiro atoms. The highest BCUT2D eigenvalue weighted by atomic mass is 16.6. The van der Waals surface area contributed by atoms with Gasteiger partial charge in [-0.1, -0.05) is 30.3 Å². The van der Waals surface area contributed by atoms with Crippen molar-refractivity contribution in [1.29, 1.82) is 0 Å². The molecule has 0 radical (unpaired) electrons.